The van der Waals surface area contributed by atoms with Gasteiger partial charge < -0.3 is 4.74 Å². The summed E-state index contributed by atoms with van der Waals surface area (Å²) in [5.74, 6) is 11.4. The number of nitrogens with one attached hydrogen (secondary N) is 1. The van der Waals surface area contributed by atoms with Crippen molar-refractivity contribution in [2.24, 2.45) is 11.7 Å². The summed E-state index contributed by atoms with van der Waals surface area (Å²) in [6, 6.07) is 8.46. The lowest BCUT2D eigenvalue weighted by Gasteiger charge is -2.21. The maximum absolute atomic E-state index is 11.6. The summed E-state index contributed by atoms with van der Waals surface area (Å²) in [6.45, 7) is 4.02. The minimum atomic E-state index is -0.616. The Labute approximate surface area is 142 Å². The lowest BCUT2D eigenvalue weighted by atomic mass is 10.1. The first-order chi connectivity index (χ1) is 10.9. The molecule has 0 bridgehead atoms. The van der Waals surface area contributed by atoms with Crippen molar-refractivity contribution in [3.63, 3.8) is 0 Å². The average molecular weight is 380 g/mol. The molecule has 0 spiro atoms. The molecule has 0 fully saturated rings. The Bertz CT molecular complexity index is 723. The van der Waals surface area contributed by atoms with E-state index in [0.29, 0.717) is 11.6 Å². The Kier molecular flexibility index (Phi) is 5.54. The smallest absolute Gasteiger partial charge is 0.350 e. The van der Waals surface area contributed by atoms with Crippen molar-refractivity contribution in [3.8, 4) is 5.88 Å². The lowest BCUT2D eigenvalue weighted by Crippen LogP contribution is -2.48. The Balaban J connectivity index is 2.25. The van der Waals surface area contributed by atoms with Gasteiger partial charge in [0.05, 0.1) is 11.4 Å². The number of urea groups is 1. The van der Waals surface area contributed by atoms with E-state index in [9.17, 15) is 4.79 Å². The molecular formula is C15H18BrN5O2. The molecule has 0 radical (unpaired) electrons. The van der Waals surface area contributed by atoms with Crippen LogP contribution >= 0.6 is 15.9 Å². The highest BCUT2D eigenvalue weighted by Gasteiger charge is 2.16. The number of halogens is 1. The van der Waals surface area contributed by atoms with Crippen molar-refractivity contribution in [2.75, 3.05) is 5.01 Å². The van der Waals surface area contributed by atoms with Crippen LogP contribution in [-0.4, -0.2) is 11.0 Å². The lowest BCUT2D eigenvalue weighted by molar-refractivity contribution is 0.246. The van der Waals surface area contributed by atoms with E-state index in [-0.39, 0.29) is 6.61 Å². The number of amides is 2. The van der Waals surface area contributed by atoms with E-state index in [1.54, 1.807) is 18.2 Å². The summed E-state index contributed by atoms with van der Waals surface area (Å²) in [5.41, 5.74) is 5.07. The van der Waals surface area contributed by atoms with Crippen molar-refractivity contribution in [1.82, 2.24) is 10.4 Å². The Morgan fingerprint density at radius 1 is 1.35 bits per heavy atom. The second-order valence-electron chi connectivity index (χ2n) is 4.90. The van der Waals surface area contributed by atoms with Gasteiger partial charge in [-0.15, -0.1) is 0 Å². The highest BCUT2D eigenvalue weighted by molar-refractivity contribution is 9.10. The van der Waals surface area contributed by atoms with Gasteiger partial charge in [0.15, 0.2) is 0 Å². The molecule has 0 unspecified atom stereocenters. The minimum absolute atomic E-state index is 0.224. The molecule has 23 heavy (non-hydrogen) atoms. The zero-order chi connectivity index (χ0) is 17.0. The van der Waals surface area contributed by atoms with Crippen LogP contribution in [0.25, 0.3) is 0 Å². The fourth-order valence-corrected chi connectivity index (χ4v) is 2.25. The molecule has 0 aliphatic rings. The number of aromatic nitrogens is 1. The number of carbonyl (C=O) groups is 1. The number of pyridine rings is 1. The minimum Gasteiger partial charge on any atom is -0.473 e. The molecule has 5 N–H and O–H groups in total. The number of nitrogens with two attached hydrogens (primary N) is 2. The number of aryl methyl sites for hydroxylation is 2. The van der Waals surface area contributed by atoms with Crippen molar-refractivity contribution >= 4 is 27.6 Å². The number of rotatable bonds is 4. The van der Waals surface area contributed by atoms with Crippen LogP contribution in [0.1, 0.15) is 16.8 Å². The molecule has 0 saturated heterocycles. The highest BCUT2D eigenvalue weighted by atomic mass is 79.9. The summed E-state index contributed by atoms with van der Waals surface area (Å²) >= 11 is 3.39. The number of ether oxygens (including phenoxy) is 1. The van der Waals surface area contributed by atoms with E-state index < -0.39 is 6.03 Å². The standard InChI is InChI=1S/C15H18BrN5O2/c1-9-4-3-5-13(21(18)15(22)20-17)11(9)8-23-14-7-6-12(16)10(2)19-14/h3-7H,8,17-18H2,1-2H3,(H,20,22). The molecule has 2 rings (SSSR count). The van der Waals surface area contributed by atoms with Gasteiger partial charge in [-0.3, -0.25) is 5.43 Å². The van der Waals surface area contributed by atoms with E-state index in [4.69, 9.17) is 16.4 Å². The van der Waals surface area contributed by atoms with Crippen LogP contribution in [0.2, 0.25) is 0 Å². The fourth-order valence-electron chi connectivity index (χ4n) is 2.03. The first kappa shape index (κ1) is 17.2. The molecule has 1 aromatic heterocycles. The normalized spacial score (nSPS) is 10.3. The predicted octanol–water partition coefficient (Wildman–Crippen LogP) is 2.30. The van der Waals surface area contributed by atoms with Gasteiger partial charge in [-0.1, -0.05) is 12.1 Å². The summed E-state index contributed by atoms with van der Waals surface area (Å²) in [4.78, 5) is 16.0. The second-order valence-corrected chi connectivity index (χ2v) is 5.75. The summed E-state index contributed by atoms with van der Waals surface area (Å²) in [6.07, 6.45) is 0. The van der Waals surface area contributed by atoms with Gasteiger partial charge in [-0.05, 0) is 47.5 Å². The van der Waals surface area contributed by atoms with Crippen LogP contribution in [0.5, 0.6) is 5.88 Å². The number of nitrogens with zero attached hydrogens (tertiary/aromatic N) is 2. The maximum atomic E-state index is 11.6. The van der Waals surface area contributed by atoms with E-state index >= 15 is 0 Å². The van der Waals surface area contributed by atoms with Crippen molar-refractivity contribution in [3.05, 3.63) is 51.6 Å². The third-order valence-electron chi connectivity index (χ3n) is 3.35. The quantitative estimate of drug-likeness (QED) is 0.429. The van der Waals surface area contributed by atoms with Gasteiger partial charge in [-0.25, -0.2) is 26.5 Å². The molecule has 1 heterocycles. The zero-order valence-corrected chi connectivity index (χ0v) is 14.4. The average Bonchev–Trinajstić information content (AvgIpc) is 2.55. The van der Waals surface area contributed by atoms with Gasteiger partial charge in [0, 0.05) is 16.1 Å². The van der Waals surface area contributed by atoms with E-state index in [1.165, 1.54) is 0 Å². The largest absolute Gasteiger partial charge is 0.473 e. The Morgan fingerprint density at radius 3 is 2.74 bits per heavy atom. The highest BCUT2D eigenvalue weighted by Crippen LogP contribution is 2.24. The van der Waals surface area contributed by atoms with Crippen LogP contribution in [0.3, 0.4) is 0 Å². The first-order valence-electron chi connectivity index (χ1n) is 6.84. The van der Waals surface area contributed by atoms with Crippen molar-refractivity contribution in [2.45, 2.75) is 20.5 Å². The summed E-state index contributed by atoms with van der Waals surface area (Å²) < 4.78 is 6.65. The Morgan fingerprint density at radius 2 is 2.09 bits per heavy atom. The predicted molar refractivity (Wildman–Crippen MR) is 91.6 cm³/mol. The third kappa shape index (κ3) is 3.98. The van der Waals surface area contributed by atoms with Gasteiger partial charge in [0.1, 0.15) is 6.61 Å². The van der Waals surface area contributed by atoms with Crippen LogP contribution < -0.4 is 26.9 Å². The van der Waals surface area contributed by atoms with E-state index in [0.717, 1.165) is 26.3 Å². The molecule has 8 heteroatoms. The SMILES string of the molecule is Cc1cccc(N(N)C(=O)NN)c1COc1ccc(Br)c(C)n1. The number of benzene rings is 1. The molecule has 0 atom stereocenters. The molecule has 0 aliphatic carbocycles. The fraction of sp³-hybridized carbons (Fsp3) is 0.200. The number of hydrazine groups is 2. The molecule has 2 aromatic rings. The topological polar surface area (TPSA) is 106 Å². The summed E-state index contributed by atoms with van der Waals surface area (Å²) in [7, 11) is 0. The third-order valence-corrected chi connectivity index (χ3v) is 4.19. The molecule has 7 nitrogen and oxygen atoms in total. The Hall–Kier alpha value is -2.16. The second kappa shape index (κ2) is 7.40. The molecule has 122 valence electrons. The van der Waals surface area contributed by atoms with Crippen molar-refractivity contribution in [1.29, 1.82) is 0 Å². The van der Waals surface area contributed by atoms with Crippen LogP contribution in [0.4, 0.5) is 10.5 Å². The summed E-state index contributed by atoms with van der Waals surface area (Å²) in [5, 5.41) is 0.950. The van der Waals surface area contributed by atoms with Gasteiger partial charge in [0.2, 0.25) is 5.88 Å². The number of hydrogen-bond acceptors (Lipinski definition) is 5. The van der Waals surface area contributed by atoms with Crippen molar-refractivity contribution < 1.29 is 9.53 Å². The number of carbonyl (C=O) groups excluding carboxylic acids is 1. The number of hydrogen-bond donors (Lipinski definition) is 3. The molecule has 0 aliphatic heterocycles. The maximum Gasteiger partial charge on any atom is 0.350 e. The number of anilines is 1. The molecule has 2 amide bonds. The van der Waals surface area contributed by atoms with Crippen LogP contribution in [0, 0.1) is 13.8 Å². The van der Waals surface area contributed by atoms with Gasteiger partial charge in [0.25, 0.3) is 0 Å². The molecule has 1 aromatic carbocycles. The van der Waals surface area contributed by atoms with Crippen LogP contribution in [0.15, 0.2) is 34.8 Å². The van der Waals surface area contributed by atoms with Crippen LogP contribution in [-0.2, 0) is 6.61 Å². The van der Waals surface area contributed by atoms with Gasteiger partial charge in [-0.2, -0.15) is 0 Å². The zero-order valence-electron chi connectivity index (χ0n) is 12.8. The molecule has 0 saturated carbocycles. The monoisotopic (exact) mass is 379 g/mol. The van der Waals surface area contributed by atoms with Gasteiger partial charge >= 0.3 is 6.03 Å². The van der Waals surface area contributed by atoms with E-state index in [2.05, 4.69) is 20.9 Å². The molecular weight excluding hydrogens is 362 g/mol. The first-order valence-corrected chi connectivity index (χ1v) is 7.63. The van der Waals surface area contributed by atoms with E-state index in [1.807, 2.05) is 31.4 Å².